The first-order valence-electron chi connectivity index (χ1n) is 18.1. The van der Waals surface area contributed by atoms with Gasteiger partial charge in [0.05, 0.1) is 11.0 Å². The van der Waals surface area contributed by atoms with Crippen molar-refractivity contribution >= 4 is 44.0 Å². The van der Waals surface area contributed by atoms with Crippen molar-refractivity contribution in [2.75, 3.05) is 11.9 Å². The maximum Gasteiger partial charge on any atom is 0.0542 e. The summed E-state index contributed by atoms with van der Waals surface area (Å²) in [6, 6.07) is 67.6. The first-order chi connectivity index (χ1) is 25.5. The number of hydrogen-bond acceptors (Lipinski definition) is 1. The first kappa shape index (κ1) is 31.6. The summed E-state index contributed by atoms with van der Waals surface area (Å²) in [5, 5.41) is 5.14. The summed E-state index contributed by atoms with van der Waals surface area (Å²) in [6.45, 7) is 4.67. The third-order valence-corrected chi connectivity index (χ3v) is 10.9. The molecule has 0 saturated heterocycles. The molecule has 1 aliphatic carbocycles. The molecule has 0 amide bonds. The smallest absolute Gasteiger partial charge is 0.0542 e. The molecule has 1 aromatic heterocycles. The zero-order valence-corrected chi connectivity index (χ0v) is 29.8. The summed E-state index contributed by atoms with van der Waals surface area (Å²) in [6.07, 6.45) is 0. The van der Waals surface area contributed by atoms with Gasteiger partial charge < -0.3 is 9.47 Å². The Morgan fingerprint density at radius 3 is 1.69 bits per heavy atom. The van der Waals surface area contributed by atoms with Crippen molar-refractivity contribution in [1.82, 2.24) is 4.57 Å². The molecule has 10 rings (SSSR count). The molecule has 0 atom stereocenters. The van der Waals surface area contributed by atoms with Crippen molar-refractivity contribution in [1.29, 1.82) is 0 Å². The Hall–Kier alpha value is -6.38. The van der Waals surface area contributed by atoms with Crippen LogP contribution in [0.3, 0.4) is 0 Å². The largest absolute Gasteiger partial charge is 0.345 e. The van der Waals surface area contributed by atoms with Gasteiger partial charge in [-0.15, -0.1) is 0 Å². The van der Waals surface area contributed by atoms with E-state index >= 15 is 0 Å². The molecule has 0 spiro atoms. The third-order valence-electron chi connectivity index (χ3n) is 10.9. The fourth-order valence-electron chi connectivity index (χ4n) is 8.08. The van der Waals surface area contributed by atoms with Crippen LogP contribution in [0.4, 0.5) is 11.4 Å². The Morgan fingerprint density at radius 2 is 0.962 bits per heavy atom. The number of fused-ring (bicyclic) bond motifs is 7. The fraction of sp³-hybridized carbons (Fsp3) is 0.0800. The topological polar surface area (TPSA) is 8.17 Å². The van der Waals surface area contributed by atoms with Gasteiger partial charge in [0.2, 0.25) is 0 Å². The predicted molar refractivity (Wildman–Crippen MR) is 222 cm³/mol. The van der Waals surface area contributed by atoms with Crippen LogP contribution in [0.15, 0.2) is 188 Å². The average molecular weight is 669 g/mol. The van der Waals surface area contributed by atoms with Crippen LogP contribution in [0, 0.1) is 0 Å². The number of anilines is 2. The van der Waals surface area contributed by atoms with Crippen molar-refractivity contribution in [3.05, 3.63) is 199 Å². The Labute approximate surface area is 305 Å². The number of rotatable bonds is 4. The minimum atomic E-state index is 0.0169. The normalized spacial score (nSPS) is 12.7. The number of para-hydroxylation sites is 1. The predicted octanol–water partition coefficient (Wildman–Crippen LogP) is 13.4. The highest BCUT2D eigenvalue weighted by Gasteiger charge is 2.35. The number of benzene rings is 8. The second-order valence-electron chi connectivity index (χ2n) is 14.3. The van der Waals surface area contributed by atoms with E-state index in [9.17, 15) is 0 Å². The van der Waals surface area contributed by atoms with E-state index in [0.29, 0.717) is 0 Å². The van der Waals surface area contributed by atoms with Gasteiger partial charge in [-0.05, 0) is 92.7 Å². The molecule has 0 N–H and O–H groups in total. The van der Waals surface area contributed by atoms with Gasteiger partial charge in [0.25, 0.3) is 0 Å². The van der Waals surface area contributed by atoms with E-state index in [0.717, 1.165) is 0 Å². The maximum atomic E-state index is 2.39. The van der Waals surface area contributed by atoms with Gasteiger partial charge in [0, 0.05) is 40.3 Å². The monoisotopic (exact) mass is 668 g/mol. The van der Waals surface area contributed by atoms with E-state index in [1.54, 1.807) is 0 Å². The number of hydrogen-bond donors (Lipinski definition) is 0. The molecule has 0 bridgehead atoms. The van der Waals surface area contributed by atoms with Gasteiger partial charge in [-0.1, -0.05) is 153 Å². The van der Waals surface area contributed by atoms with Crippen LogP contribution in [-0.4, -0.2) is 11.6 Å². The Balaban J connectivity index is 0.000000310. The lowest BCUT2D eigenvalue weighted by molar-refractivity contribution is 0.660. The SMILES string of the molecule is CN(c1ccc2c(c1)-c1ccccc1C2(C)C)c1ccc2c(c1)c1ccccc1n2-c1ccc(-c2ccccc2)cc1.c1ccc2ccccc2c1. The Kier molecular flexibility index (Phi) is 7.74. The van der Waals surface area contributed by atoms with Crippen LogP contribution in [-0.2, 0) is 5.41 Å². The molecule has 1 heterocycles. The van der Waals surface area contributed by atoms with Crippen molar-refractivity contribution in [2.24, 2.45) is 0 Å². The van der Waals surface area contributed by atoms with Gasteiger partial charge in [-0.3, -0.25) is 0 Å². The molecule has 0 aliphatic heterocycles. The molecule has 2 nitrogen and oxygen atoms in total. The standard InChI is InChI=1S/C40H32N2.C10H8/c1-40(2)36-15-9-7-13-32(36)34-25-30(21-23-37(34)40)41(3)31-22-24-39-35(26-31)33-14-8-10-16-38(33)42(39)29-19-17-28(18-20-29)27-11-5-4-6-12-27;1-2-6-10-8-4-3-7-9(10)5-1/h4-26H,1-3H3;1-8H. The highest BCUT2D eigenvalue weighted by molar-refractivity contribution is 6.10. The molecule has 8 aromatic carbocycles. The second kappa shape index (κ2) is 12.7. The van der Waals surface area contributed by atoms with E-state index in [4.69, 9.17) is 0 Å². The molecule has 1 aliphatic rings. The van der Waals surface area contributed by atoms with E-state index in [2.05, 4.69) is 218 Å². The molecule has 52 heavy (non-hydrogen) atoms. The summed E-state index contributed by atoms with van der Waals surface area (Å²) in [5.74, 6) is 0. The number of nitrogens with zero attached hydrogens (tertiary/aromatic N) is 2. The minimum absolute atomic E-state index is 0.0169. The highest BCUT2D eigenvalue weighted by atomic mass is 15.1. The first-order valence-corrected chi connectivity index (χ1v) is 18.1. The molecular formula is C50H40N2. The lowest BCUT2D eigenvalue weighted by atomic mass is 9.82. The third kappa shape index (κ3) is 5.36. The van der Waals surface area contributed by atoms with E-state index < -0.39 is 0 Å². The molecule has 2 heteroatoms. The van der Waals surface area contributed by atoms with Gasteiger partial charge in [0.15, 0.2) is 0 Å². The summed E-state index contributed by atoms with van der Waals surface area (Å²) in [5.41, 5.74) is 14.0. The van der Waals surface area contributed by atoms with E-state index in [1.165, 1.54) is 83.0 Å². The van der Waals surface area contributed by atoms with Crippen LogP contribution >= 0.6 is 0 Å². The van der Waals surface area contributed by atoms with Crippen LogP contribution < -0.4 is 4.90 Å². The zero-order valence-electron chi connectivity index (χ0n) is 29.8. The van der Waals surface area contributed by atoms with Crippen LogP contribution in [0.2, 0.25) is 0 Å². The molecule has 0 saturated carbocycles. The molecule has 0 unspecified atom stereocenters. The molecule has 9 aromatic rings. The molecule has 250 valence electrons. The molecular weight excluding hydrogens is 629 g/mol. The van der Waals surface area contributed by atoms with E-state index in [-0.39, 0.29) is 5.41 Å². The average Bonchev–Trinajstić information content (AvgIpc) is 3.66. The highest BCUT2D eigenvalue weighted by Crippen LogP contribution is 2.50. The Bertz CT molecular complexity index is 2650. The lowest BCUT2D eigenvalue weighted by Gasteiger charge is -2.23. The van der Waals surface area contributed by atoms with Crippen LogP contribution in [0.25, 0.3) is 60.5 Å². The van der Waals surface area contributed by atoms with Crippen LogP contribution in [0.1, 0.15) is 25.0 Å². The van der Waals surface area contributed by atoms with E-state index in [1.807, 2.05) is 0 Å². The molecule has 0 fully saturated rings. The van der Waals surface area contributed by atoms with Gasteiger partial charge in [-0.25, -0.2) is 0 Å². The zero-order chi connectivity index (χ0) is 35.2. The van der Waals surface area contributed by atoms with Gasteiger partial charge >= 0.3 is 0 Å². The summed E-state index contributed by atoms with van der Waals surface area (Å²) in [7, 11) is 2.18. The van der Waals surface area contributed by atoms with Crippen molar-refractivity contribution in [3.8, 4) is 27.9 Å². The molecule has 0 radical (unpaired) electrons. The minimum Gasteiger partial charge on any atom is -0.345 e. The quantitative estimate of drug-likeness (QED) is 0.181. The van der Waals surface area contributed by atoms with Crippen molar-refractivity contribution < 1.29 is 0 Å². The summed E-state index contributed by atoms with van der Waals surface area (Å²) >= 11 is 0. The lowest BCUT2D eigenvalue weighted by Crippen LogP contribution is -2.15. The second-order valence-corrected chi connectivity index (χ2v) is 14.3. The van der Waals surface area contributed by atoms with Gasteiger partial charge in [-0.2, -0.15) is 0 Å². The van der Waals surface area contributed by atoms with Crippen LogP contribution in [0.5, 0.6) is 0 Å². The summed E-state index contributed by atoms with van der Waals surface area (Å²) < 4.78 is 2.39. The van der Waals surface area contributed by atoms with Crippen molar-refractivity contribution in [3.63, 3.8) is 0 Å². The Morgan fingerprint density at radius 1 is 0.423 bits per heavy atom. The fourth-order valence-corrected chi connectivity index (χ4v) is 8.08. The summed E-state index contributed by atoms with van der Waals surface area (Å²) in [4.78, 5) is 2.31. The van der Waals surface area contributed by atoms with Crippen molar-refractivity contribution in [2.45, 2.75) is 19.3 Å². The van der Waals surface area contributed by atoms with Gasteiger partial charge in [0.1, 0.15) is 0 Å². The number of aromatic nitrogens is 1. The maximum absolute atomic E-state index is 2.39.